The number of anilines is 4. The van der Waals surface area contributed by atoms with Crippen molar-refractivity contribution < 1.29 is 13.9 Å². The number of aromatic amines is 1. The molecule has 1 fully saturated rings. The Hall–Kier alpha value is -4.45. The van der Waals surface area contributed by atoms with Crippen LogP contribution in [-0.2, 0) is 12.5 Å². The largest absolute Gasteiger partial charge is 0.478 e. The molecule has 6 rings (SSSR count). The van der Waals surface area contributed by atoms with Crippen molar-refractivity contribution >= 4 is 28.9 Å². The van der Waals surface area contributed by atoms with E-state index in [2.05, 4.69) is 36.3 Å². The van der Waals surface area contributed by atoms with Gasteiger partial charge in [0.2, 0.25) is 5.95 Å². The molecule has 2 aliphatic heterocycles. The van der Waals surface area contributed by atoms with Gasteiger partial charge >= 0.3 is 0 Å². The summed E-state index contributed by atoms with van der Waals surface area (Å²) in [6, 6.07) is 6.63. The van der Waals surface area contributed by atoms with Crippen LogP contribution in [0.15, 0.2) is 36.7 Å². The first kappa shape index (κ1) is 24.9. The molecule has 0 radical (unpaired) electrons. The quantitative estimate of drug-likeness (QED) is 0.255. The number of carbonyl (C=O) groups is 1. The smallest absolute Gasteiger partial charge is 0.256 e. The van der Waals surface area contributed by atoms with Crippen LogP contribution in [0.3, 0.4) is 0 Å². The summed E-state index contributed by atoms with van der Waals surface area (Å²) in [7, 11) is 3.34. The van der Waals surface area contributed by atoms with Crippen molar-refractivity contribution in [3.8, 4) is 17.3 Å². The third kappa shape index (κ3) is 4.36. The van der Waals surface area contributed by atoms with Crippen molar-refractivity contribution in [2.45, 2.75) is 25.2 Å². The topological polar surface area (TPSA) is 134 Å². The van der Waals surface area contributed by atoms with E-state index in [4.69, 9.17) is 9.72 Å². The van der Waals surface area contributed by atoms with E-state index in [0.29, 0.717) is 58.0 Å². The van der Waals surface area contributed by atoms with Crippen LogP contribution in [0, 0.1) is 12.7 Å². The summed E-state index contributed by atoms with van der Waals surface area (Å²) in [6.45, 7) is 3.90. The number of amides is 1. The van der Waals surface area contributed by atoms with Crippen molar-refractivity contribution in [3.63, 3.8) is 0 Å². The van der Waals surface area contributed by atoms with Crippen molar-refractivity contribution in [3.05, 3.63) is 59.3 Å². The molecule has 1 amide bonds. The summed E-state index contributed by atoms with van der Waals surface area (Å²) >= 11 is 0. The average Bonchev–Trinajstić information content (AvgIpc) is 3.50. The number of benzene rings is 1. The van der Waals surface area contributed by atoms with E-state index in [1.165, 1.54) is 6.07 Å². The lowest BCUT2D eigenvalue weighted by Gasteiger charge is -2.40. The molecule has 5 N–H and O–H groups in total. The van der Waals surface area contributed by atoms with Crippen LogP contribution in [0.25, 0.3) is 11.4 Å². The van der Waals surface area contributed by atoms with Crippen molar-refractivity contribution in [1.82, 2.24) is 35.4 Å². The molecule has 0 unspecified atom stereocenters. The number of halogens is 1. The number of hydrogen-bond donors (Lipinski definition) is 5. The molecule has 1 spiro atoms. The molecule has 3 aromatic heterocycles. The molecule has 4 aromatic rings. The van der Waals surface area contributed by atoms with Gasteiger partial charge < -0.3 is 31.0 Å². The van der Waals surface area contributed by atoms with Crippen LogP contribution in [0.2, 0.25) is 0 Å². The highest BCUT2D eigenvalue weighted by molar-refractivity contribution is 6.06. The number of aromatic nitrogens is 5. The van der Waals surface area contributed by atoms with E-state index < -0.39 is 0 Å². The molecule has 0 aliphatic carbocycles. The number of nitrogens with one attached hydrogen (secondary N) is 5. The number of H-pyrrole nitrogens is 1. The number of methoxy groups -OCH3 is 1. The number of rotatable bonds is 6. The highest BCUT2D eigenvalue weighted by atomic mass is 19.1. The van der Waals surface area contributed by atoms with Gasteiger partial charge in [0, 0.05) is 48.7 Å². The molecule has 0 saturated carbocycles. The number of hydrogen-bond acceptors (Lipinski definition) is 8. The number of fused-ring (bicyclic) bond motifs is 2. The summed E-state index contributed by atoms with van der Waals surface area (Å²) in [5, 5.41) is 17.4. The lowest BCUT2D eigenvalue weighted by Crippen LogP contribution is -2.54. The molecule has 5 heterocycles. The molecule has 12 heteroatoms. The lowest BCUT2D eigenvalue weighted by molar-refractivity contribution is 0.0916. The predicted octanol–water partition coefficient (Wildman–Crippen LogP) is 3.51. The maximum absolute atomic E-state index is 14.5. The summed E-state index contributed by atoms with van der Waals surface area (Å²) in [4.78, 5) is 26.1. The minimum Gasteiger partial charge on any atom is -0.478 e. The predicted molar refractivity (Wildman–Crippen MR) is 145 cm³/mol. The molecule has 202 valence electrons. The minimum absolute atomic E-state index is 0.187. The normalized spacial score (nSPS) is 18.5. The Bertz CT molecular complexity index is 1550. The van der Waals surface area contributed by atoms with Crippen LogP contribution in [0.4, 0.5) is 27.4 Å². The fourth-order valence-electron chi connectivity index (χ4n) is 5.46. The van der Waals surface area contributed by atoms with Gasteiger partial charge in [0.05, 0.1) is 35.9 Å². The Morgan fingerprint density at radius 2 is 2.05 bits per heavy atom. The van der Waals surface area contributed by atoms with E-state index in [1.807, 2.05) is 0 Å². The molecule has 1 saturated heterocycles. The second-order valence-electron chi connectivity index (χ2n) is 10.0. The van der Waals surface area contributed by atoms with Gasteiger partial charge in [-0.1, -0.05) is 6.07 Å². The second-order valence-corrected chi connectivity index (χ2v) is 10.0. The highest BCUT2D eigenvalue weighted by Crippen LogP contribution is 2.44. The first-order valence-electron chi connectivity index (χ1n) is 12.8. The SMILES string of the molecule is COc1nn(C)cc1Nc1nccc(-c2[nH]c3c(c2Nc2cccc(F)c2C)C(=O)NC[C@@]32CCCNC2)n1. The average molecular weight is 532 g/mol. The van der Waals surface area contributed by atoms with Gasteiger partial charge in [-0.25, -0.2) is 14.4 Å². The molecule has 2 aliphatic rings. The zero-order valence-corrected chi connectivity index (χ0v) is 22.0. The molecule has 1 aromatic carbocycles. The van der Waals surface area contributed by atoms with Gasteiger partial charge in [-0.3, -0.25) is 9.48 Å². The molecule has 11 nitrogen and oxygen atoms in total. The molecule has 1 atom stereocenters. The third-order valence-electron chi connectivity index (χ3n) is 7.49. The van der Waals surface area contributed by atoms with Gasteiger partial charge in [0.25, 0.3) is 11.8 Å². The molecular weight excluding hydrogens is 501 g/mol. The number of carbonyl (C=O) groups excluding carboxylic acids is 1. The Morgan fingerprint density at radius 3 is 2.85 bits per heavy atom. The zero-order chi connectivity index (χ0) is 27.1. The van der Waals surface area contributed by atoms with Gasteiger partial charge in [0.1, 0.15) is 11.5 Å². The standard InChI is InChI=1S/C27H30FN9O2/c1-15-16(28)6-4-7-17(15)32-22-20-23(27(14-31-24(20)38)9-5-10-29-13-27)35-21(22)18-8-11-30-26(33-18)34-19-12-37(2)36-25(19)39-3/h4,6-8,11-12,29,32,35H,5,9-10,13-14H2,1-3H3,(H,31,38)(H,30,33,34)/t27-/m0/s1. The summed E-state index contributed by atoms with van der Waals surface area (Å²) < 4.78 is 21.4. The van der Waals surface area contributed by atoms with Crippen LogP contribution >= 0.6 is 0 Å². The molecular formula is C27H30FN9O2. The van der Waals surface area contributed by atoms with Crippen molar-refractivity contribution in [1.29, 1.82) is 0 Å². The fraction of sp³-hybridized carbons (Fsp3) is 0.333. The van der Waals surface area contributed by atoms with Crippen LogP contribution < -0.4 is 26.0 Å². The second kappa shape index (κ2) is 9.70. The monoisotopic (exact) mass is 531 g/mol. The van der Waals surface area contributed by atoms with E-state index in [1.54, 1.807) is 56.4 Å². The van der Waals surface area contributed by atoms with Crippen LogP contribution in [-0.4, -0.2) is 57.4 Å². The first-order valence-corrected chi connectivity index (χ1v) is 12.8. The Balaban J connectivity index is 1.49. The van der Waals surface area contributed by atoms with Crippen LogP contribution in [0.5, 0.6) is 5.88 Å². The van der Waals surface area contributed by atoms with Crippen molar-refractivity contribution in [2.24, 2.45) is 7.05 Å². The van der Waals surface area contributed by atoms with Gasteiger partial charge in [-0.2, -0.15) is 0 Å². The van der Waals surface area contributed by atoms with E-state index >= 15 is 0 Å². The van der Waals surface area contributed by atoms with Gasteiger partial charge in [0.15, 0.2) is 0 Å². The maximum Gasteiger partial charge on any atom is 0.256 e. The van der Waals surface area contributed by atoms with Crippen molar-refractivity contribution in [2.75, 3.05) is 37.4 Å². The lowest BCUT2D eigenvalue weighted by atomic mass is 9.74. The Labute approximate surface area is 224 Å². The fourth-order valence-corrected chi connectivity index (χ4v) is 5.46. The van der Waals surface area contributed by atoms with E-state index in [9.17, 15) is 9.18 Å². The molecule has 0 bridgehead atoms. The Morgan fingerprint density at radius 1 is 1.18 bits per heavy atom. The minimum atomic E-state index is -0.331. The maximum atomic E-state index is 14.5. The zero-order valence-electron chi connectivity index (χ0n) is 22.0. The summed E-state index contributed by atoms with van der Waals surface area (Å²) in [5.41, 5.74) is 4.45. The first-order chi connectivity index (χ1) is 18.9. The van der Waals surface area contributed by atoms with Gasteiger partial charge in [-0.05, 0) is 44.5 Å². The van der Waals surface area contributed by atoms with E-state index in [-0.39, 0.29) is 17.1 Å². The number of nitrogens with zero attached hydrogens (tertiary/aromatic N) is 4. The summed E-state index contributed by atoms with van der Waals surface area (Å²) in [6.07, 6.45) is 5.32. The molecule has 39 heavy (non-hydrogen) atoms. The Kier molecular flexibility index (Phi) is 6.18. The van der Waals surface area contributed by atoms with Gasteiger partial charge in [-0.15, -0.1) is 5.10 Å². The van der Waals surface area contributed by atoms with E-state index in [0.717, 1.165) is 31.6 Å². The number of ether oxygens (including phenoxy) is 1. The van der Waals surface area contributed by atoms with Crippen LogP contribution in [0.1, 0.15) is 34.5 Å². The highest BCUT2D eigenvalue weighted by Gasteiger charge is 2.44. The number of piperidine rings is 1. The summed E-state index contributed by atoms with van der Waals surface area (Å²) in [5.74, 6) is 0.224. The number of aryl methyl sites for hydroxylation is 1. The third-order valence-corrected chi connectivity index (χ3v) is 7.49.